The molecule has 4 aromatic rings. The fourth-order valence-corrected chi connectivity index (χ4v) is 4.76. The third-order valence-electron chi connectivity index (χ3n) is 6.36. The molecule has 0 fully saturated rings. The van der Waals surface area contributed by atoms with Gasteiger partial charge in [0.1, 0.15) is 11.6 Å². The van der Waals surface area contributed by atoms with Gasteiger partial charge in [-0.25, -0.2) is 8.78 Å². The van der Waals surface area contributed by atoms with Gasteiger partial charge in [-0.2, -0.15) is 18.3 Å². The van der Waals surface area contributed by atoms with Crippen molar-refractivity contribution in [2.24, 2.45) is 7.05 Å². The third kappa shape index (κ3) is 5.22. The lowest BCUT2D eigenvalue weighted by molar-refractivity contribution is -0.137. The summed E-state index contributed by atoms with van der Waals surface area (Å²) in [7, 11) is 1.72. The van der Waals surface area contributed by atoms with Crippen molar-refractivity contribution >= 4 is 29.1 Å². The Morgan fingerprint density at radius 1 is 1.08 bits per heavy atom. The van der Waals surface area contributed by atoms with E-state index in [1.807, 2.05) is 0 Å². The molecule has 39 heavy (non-hydrogen) atoms. The van der Waals surface area contributed by atoms with E-state index in [1.54, 1.807) is 36.1 Å². The first kappa shape index (κ1) is 26.4. The van der Waals surface area contributed by atoms with Gasteiger partial charge in [-0.3, -0.25) is 14.3 Å². The van der Waals surface area contributed by atoms with Crippen molar-refractivity contribution in [1.82, 2.24) is 15.1 Å². The fraction of sp³-hybridized carbons (Fsp3) is 0.148. The van der Waals surface area contributed by atoms with E-state index in [0.717, 1.165) is 17.8 Å². The number of nitrogens with one attached hydrogen (secondary N) is 2. The molecule has 2 heterocycles. The topological polar surface area (TPSA) is 76.0 Å². The Hall–Kier alpha value is -4.25. The van der Waals surface area contributed by atoms with Crippen LogP contribution in [0.4, 0.5) is 27.6 Å². The normalized spacial score (nSPS) is 14.7. The molecule has 1 atom stereocenters. The minimum atomic E-state index is -4.88. The Bertz CT molecular complexity index is 1630. The number of alkyl halides is 3. The Morgan fingerprint density at radius 2 is 1.85 bits per heavy atom. The van der Waals surface area contributed by atoms with Gasteiger partial charge in [0.2, 0.25) is 0 Å². The third-order valence-corrected chi connectivity index (χ3v) is 6.70. The molecule has 200 valence electrons. The standard InChI is InChI=1S/C27H18ClF5N4O2/c1-37-18(4-5-34-37)6-13-7-20-23(24(36-26(20)39)19-12-16(29)2-3-21(19)28)22(8-13)35-25(38)14-9-15(27(31,32)33)11-17(30)10-14/h2-5,7-12,24H,6H2,1H3,(H,35,38)(H,36,39). The molecule has 1 aliphatic rings. The molecule has 1 unspecified atom stereocenters. The molecular formula is C27H18ClF5N4O2. The summed E-state index contributed by atoms with van der Waals surface area (Å²) in [5.74, 6) is -3.42. The quantitative estimate of drug-likeness (QED) is 0.292. The van der Waals surface area contributed by atoms with E-state index in [-0.39, 0.29) is 33.5 Å². The number of benzene rings is 3. The van der Waals surface area contributed by atoms with E-state index in [0.29, 0.717) is 24.1 Å². The van der Waals surface area contributed by atoms with Crippen molar-refractivity contribution in [3.8, 4) is 0 Å². The first-order valence-electron chi connectivity index (χ1n) is 11.5. The first-order chi connectivity index (χ1) is 18.4. The summed E-state index contributed by atoms with van der Waals surface area (Å²) < 4.78 is 69.5. The average Bonchev–Trinajstić information content (AvgIpc) is 3.42. The summed E-state index contributed by atoms with van der Waals surface area (Å²) in [6, 6.07) is 9.02. The zero-order valence-corrected chi connectivity index (χ0v) is 20.8. The van der Waals surface area contributed by atoms with E-state index in [1.165, 1.54) is 6.07 Å². The summed E-state index contributed by atoms with van der Waals surface area (Å²) in [5, 5.41) is 9.50. The molecule has 1 aliphatic heterocycles. The molecule has 12 heteroatoms. The lowest BCUT2D eigenvalue weighted by Gasteiger charge is -2.19. The van der Waals surface area contributed by atoms with Gasteiger partial charge in [0.05, 0.1) is 11.6 Å². The molecule has 2 N–H and O–H groups in total. The molecule has 0 radical (unpaired) electrons. The van der Waals surface area contributed by atoms with Crippen molar-refractivity contribution < 1.29 is 31.5 Å². The van der Waals surface area contributed by atoms with Crippen LogP contribution in [0, 0.1) is 11.6 Å². The maximum atomic E-state index is 14.1. The predicted molar refractivity (Wildman–Crippen MR) is 133 cm³/mol. The number of carbonyl (C=O) groups is 2. The van der Waals surface area contributed by atoms with Crippen LogP contribution in [-0.2, 0) is 19.6 Å². The first-order valence-corrected chi connectivity index (χ1v) is 11.9. The van der Waals surface area contributed by atoms with Crippen LogP contribution in [0.5, 0.6) is 0 Å². The van der Waals surface area contributed by atoms with Gasteiger partial charge in [-0.15, -0.1) is 0 Å². The average molecular weight is 561 g/mol. The lowest BCUT2D eigenvalue weighted by atomic mass is 9.93. The second kappa shape index (κ2) is 9.81. The summed E-state index contributed by atoms with van der Waals surface area (Å²) >= 11 is 6.30. The molecule has 6 nitrogen and oxygen atoms in total. The van der Waals surface area contributed by atoms with Gasteiger partial charge in [0, 0.05) is 58.3 Å². The molecule has 3 aromatic carbocycles. The minimum absolute atomic E-state index is 0.0659. The smallest absolute Gasteiger partial charge is 0.341 e. The number of aromatic nitrogens is 2. The van der Waals surface area contributed by atoms with Crippen LogP contribution in [0.1, 0.15) is 54.7 Å². The summed E-state index contributed by atoms with van der Waals surface area (Å²) in [4.78, 5) is 26.1. The van der Waals surface area contributed by atoms with E-state index in [9.17, 15) is 31.5 Å². The number of hydrogen-bond donors (Lipinski definition) is 2. The highest BCUT2D eigenvalue weighted by Gasteiger charge is 2.36. The highest BCUT2D eigenvalue weighted by Crippen LogP contribution is 2.40. The van der Waals surface area contributed by atoms with Gasteiger partial charge in [-0.05, 0) is 60.2 Å². The molecule has 0 saturated carbocycles. The van der Waals surface area contributed by atoms with Crippen LogP contribution in [0.25, 0.3) is 0 Å². The Morgan fingerprint density at radius 3 is 2.54 bits per heavy atom. The van der Waals surface area contributed by atoms with Gasteiger partial charge < -0.3 is 10.6 Å². The number of aryl methyl sites for hydroxylation is 1. The van der Waals surface area contributed by atoms with Crippen LogP contribution in [-0.4, -0.2) is 21.6 Å². The van der Waals surface area contributed by atoms with E-state index >= 15 is 0 Å². The molecule has 0 bridgehead atoms. The van der Waals surface area contributed by atoms with Crippen molar-refractivity contribution in [2.75, 3.05) is 5.32 Å². The van der Waals surface area contributed by atoms with Crippen molar-refractivity contribution in [3.63, 3.8) is 0 Å². The molecular weight excluding hydrogens is 543 g/mol. The number of hydrogen-bond acceptors (Lipinski definition) is 3. The van der Waals surface area contributed by atoms with Crippen molar-refractivity contribution in [1.29, 1.82) is 0 Å². The molecule has 2 amide bonds. The molecule has 0 saturated heterocycles. The number of halogens is 6. The maximum absolute atomic E-state index is 14.1. The van der Waals surface area contributed by atoms with Gasteiger partial charge in [0.15, 0.2) is 0 Å². The van der Waals surface area contributed by atoms with Crippen LogP contribution < -0.4 is 10.6 Å². The van der Waals surface area contributed by atoms with Gasteiger partial charge >= 0.3 is 6.18 Å². The van der Waals surface area contributed by atoms with Crippen molar-refractivity contribution in [2.45, 2.75) is 18.6 Å². The predicted octanol–water partition coefficient (Wildman–Crippen LogP) is 6.05. The van der Waals surface area contributed by atoms with Crippen LogP contribution in [0.15, 0.2) is 60.8 Å². The Kier molecular flexibility index (Phi) is 6.63. The Balaban J connectivity index is 1.62. The van der Waals surface area contributed by atoms with E-state index < -0.39 is 46.8 Å². The molecule has 0 spiro atoms. The Labute approximate surface area is 223 Å². The fourth-order valence-electron chi connectivity index (χ4n) is 4.53. The molecule has 1 aromatic heterocycles. The second-order valence-electron chi connectivity index (χ2n) is 8.98. The number of rotatable bonds is 5. The highest BCUT2D eigenvalue weighted by molar-refractivity contribution is 6.31. The van der Waals surface area contributed by atoms with Crippen LogP contribution in [0.3, 0.4) is 0 Å². The lowest BCUT2D eigenvalue weighted by Crippen LogP contribution is -2.21. The van der Waals surface area contributed by atoms with Crippen LogP contribution >= 0.6 is 11.6 Å². The SMILES string of the molecule is Cn1nccc1Cc1cc(NC(=O)c2cc(F)cc(C(F)(F)F)c2)c2c(c1)C(=O)NC2c1cc(F)ccc1Cl. The number of nitrogens with zero attached hydrogens (tertiary/aromatic N) is 2. The zero-order valence-electron chi connectivity index (χ0n) is 20.0. The van der Waals surface area contributed by atoms with Crippen LogP contribution in [0.2, 0.25) is 5.02 Å². The highest BCUT2D eigenvalue weighted by atomic mass is 35.5. The summed E-state index contributed by atoms with van der Waals surface area (Å²) in [6.07, 6.45) is -3.00. The van der Waals surface area contributed by atoms with E-state index in [2.05, 4.69) is 15.7 Å². The summed E-state index contributed by atoms with van der Waals surface area (Å²) in [5.41, 5.74) is 0.113. The maximum Gasteiger partial charge on any atom is 0.416 e. The monoisotopic (exact) mass is 560 g/mol. The van der Waals surface area contributed by atoms with Crippen molar-refractivity contribution in [3.05, 3.63) is 117 Å². The largest absolute Gasteiger partial charge is 0.416 e. The molecule has 0 aliphatic carbocycles. The van der Waals surface area contributed by atoms with Gasteiger partial charge in [0.25, 0.3) is 11.8 Å². The van der Waals surface area contributed by atoms with Gasteiger partial charge in [-0.1, -0.05) is 11.6 Å². The number of amides is 2. The summed E-state index contributed by atoms with van der Waals surface area (Å²) in [6.45, 7) is 0. The minimum Gasteiger partial charge on any atom is -0.341 e. The number of carbonyl (C=O) groups excluding carboxylic acids is 2. The zero-order chi connectivity index (χ0) is 28.1. The number of fused-ring (bicyclic) bond motifs is 1. The molecule has 5 rings (SSSR count). The second-order valence-corrected chi connectivity index (χ2v) is 9.39. The van der Waals surface area contributed by atoms with E-state index in [4.69, 9.17) is 11.6 Å². The number of anilines is 1.